The van der Waals surface area contributed by atoms with Crippen LogP contribution in [0.2, 0.25) is 0 Å². The summed E-state index contributed by atoms with van der Waals surface area (Å²) in [6, 6.07) is 10.9. The van der Waals surface area contributed by atoms with Crippen LogP contribution >= 0.6 is 11.3 Å². The van der Waals surface area contributed by atoms with Gasteiger partial charge in [0.15, 0.2) is 5.96 Å². The molecule has 0 radical (unpaired) electrons. The maximum atomic E-state index is 13.6. The summed E-state index contributed by atoms with van der Waals surface area (Å²) < 4.78 is 13.6. The molecule has 1 aromatic heterocycles. The number of rotatable bonds is 7. The summed E-state index contributed by atoms with van der Waals surface area (Å²) >= 11 is 1.67. The first-order valence-corrected chi connectivity index (χ1v) is 9.87. The van der Waals surface area contributed by atoms with E-state index in [2.05, 4.69) is 21.7 Å². The molecular weight excluding hydrogens is 363 g/mol. The van der Waals surface area contributed by atoms with E-state index in [9.17, 15) is 9.18 Å². The summed E-state index contributed by atoms with van der Waals surface area (Å²) in [6.07, 6.45) is 2.02. The number of carbonyl (C=O) groups is 1. The van der Waals surface area contributed by atoms with Crippen LogP contribution in [-0.2, 0) is 16.8 Å². The van der Waals surface area contributed by atoms with E-state index in [0.717, 1.165) is 18.4 Å². The average Bonchev–Trinajstić information content (AvgIpc) is 3.26. The van der Waals surface area contributed by atoms with Crippen molar-refractivity contribution in [1.82, 2.24) is 15.5 Å². The number of aliphatic imine (C=N–C) groups is 1. The molecule has 1 amide bonds. The fourth-order valence-corrected chi connectivity index (χ4v) is 3.48. The van der Waals surface area contributed by atoms with Crippen LogP contribution in [0.25, 0.3) is 0 Å². The van der Waals surface area contributed by atoms with E-state index in [-0.39, 0.29) is 23.7 Å². The average molecular weight is 389 g/mol. The van der Waals surface area contributed by atoms with Gasteiger partial charge in [0.2, 0.25) is 5.91 Å². The lowest BCUT2D eigenvalue weighted by Crippen LogP contribution is -2.41. The van der Waals surface area contributed by atoms with Crippen LogP contribution in [0, 0.1) is 5.82 Å². The highest BCUT2D eigenvalue weighted by Crippen LogP contribution is 2.47. The predicted octanol–water partition coefficient (Wildman–Crippen LogP) is 2.74. The minimum Gasteiger partial charge on any atom is -0.355 e. The van der Waals surface area contributed by atoms with E-state index in [4.69, 9.17) is 0 Å². The lowest BCUT2D eigenvalue weighted by Gasteiger charge is -2.19. The number of thiophene rings is 1. The zero-order valence-corrected chi connectivity index (χ0v) is 16.5. The van der Waals surface area contributed by atoms with Gasteiger partial charge in [0.1, 0.15) is 12.4 Å². The van der Waals surface area contributed by atoms with Crippen molar-refractivity contribution >= 4 is 23.2 Å². The first-order chi connectivity index (χ1) is 13.0. The number of carbonyl (C=O) groups excluding carboxylic acids is 1. The van der Waals surface area contributed by atoms with E-state index in [1.165, 1.54) is 15.8 Å². The molecular formula is C20H25FN4OS. The number of benzene rings is 1. The molecule has 0 bridgehead atoms. The van der Waals surface area contributed by atoms with E-state index < -0.39 is 0 Å². The van der Waals surface area contributed by atoms with Gasteiger partial charge in [-0.25, -0.2) is 9.38 Å². The molecule has 1 aliphatic rings. The van der Waals surface area contributed by atoms with Crippen molar-refractivity contribution in [2.45, 2.75) is 24.8 Å². The smallest absolute Gasteiger partial charge is 0.243 e. The second kappa shape index (κ2) is 8.52. The van der Waals surface area contributed by atoms with Crippen molar-refractivity contribution in [2.24, 2.45) is 4.99 Å². The summed E-state index contributed by atoms with van der Waals surface area (Å²) in [7, 11) is 3.43. The molecule has 2 N–H and O–H groups in total. The van der Waals surface area contributed by atoms with Crippen molar-refractivity contribution in [3.05, 3.63) is 58.0 Å². The molecule has 0 spiro atoms. The monoisotopic (exact) mass is 388 g/mol. The Labute approximate surface area is 163 Å². The molecule has 1 aromatic carbocycles. The number of hydrogen-bond donors (Lipinski definition) is 2. The quantitative estimate of drug-likeness (QED) is 0.566. The van der Waals surface area contributed by atoms with Gasteiger partial charge in [-0.15, -0.1) is 11.3 Å². The molecule has 0 unspecified atom stereocenters. The highest BCUT2D eigenvalue weighted by molar-refractivity contribution is 7.09. The molecule has 7 heteroatoms. The Hall–Kier alpha value is -2.41. The van der Waals surface area contributed by atoms with Gasteiger partial charge in [-0.2, -0.15) is 0 Å². The maximum Gasteiger partial charge on any atom is 0.243 e. The van der Waals surface area contributed by atoms with Crippen LogP contribution in [0.4, 0.5) is 4.39 Å². The van der Waals surface area contributed by atoms with Gasteiger partial charge in [-0.1, -0.05) is 18.2 Å². The highest BCUT2D eigenvalue weighted by Gasteiger charge is 2.44. The number of nitrogens with one attached hydrogen (secondary N) is 2. The zero-order chi connectivity index (χ0) is 19.3. The summed E-state index contributed by atoms with van der Waals surface area (Å²) in [5, 5.41) is 8.66. The molecule has 144 valence electrons. The summed E-state index contributed by atoms with van der Waals surface area (Å²) in [5.74, 6) is 0.333. The van der Waals surface area contributed by atoms with Crippen LogP contribution in [0.3, 0.4) is 0 Å². The third-order valence-corrected chi connectivity index (χ3v) is 5.64. The Bertz CT molecular complexity index is 800. The largest absolute Gasteiger partial charge is 0.355 e. The maximum absolute atomic E-state index is 13.6. The van der Waals surface area contributed by atoms with Crippen molar-refractivity contribution in [3.8, 4) is 0 Å². The van der Waals surface area contributed by atoms with Crippen molar-refractivity contribution in [1.29, 1.82) is 0 Å². The topological polar surface area (TPSA) is 56.7 Å². The molecule has 2 aromatic rings. The lowest BCUT2D eigenvalue weighted by molar-refractivity contribution is -0.127. The summed E-state index contributed by atoms with van der Waals surface area (Å²) in [4.78, 5) is 19.0. The van der Waals surface area contributed by atoms with Gasteiger partial charge in [0.05, 0.1) is 6.54 Å². The Morgan fingerprint density at radius 1 is 1.26 bits per heavy atom. The Morgan fingerprint density at radius 3 is 2.70 bits per heavy atom. The molecule has 0 atom stereocenters. The first-order valence-electron chi connectivity index (χ1n) is 8.99. The molecule has 1 aliphatic carbocycles. The molecule has 3 rings (SSSR count). The second-order valence-corrected chi connectivity index (χ2v) is 8.06. The number of guanidine groups is 1. The number of likely N-dealkylation sites (N-methyl/N-ethyl adjacent to an activating group) is 1. The van der Waals surface area contributed by atoms with E-state index in [1.54, 1.807) is 37.6 Å². The third-order valence-electron chi connectivity index (χ3n) is 4.77. The normalized spacial score (nSPS) is 15.3. The van der Waals surface area contributed by atoms with Crippen molar-refractivity contribution < 1.29 is 9.18 Å². The molecule has 1 heterocycles. The van der Waals surface area contributed by atoms with Crippen molar-refractivity contribution in [3.63, 3.8) is 0 Å². The van der Waals surface area contributed by atoms with Gasteiger partial charge >= 0.3 is 0 Å². The number of hydrogen-bond acceptors (Lipinski definition) is 3. The Morgan fingerprint density at radius 2 is 2.07 bits per heavy atom. The number of halogens is 1. The molecule has 5 nitrogen and oxygen atoms in total. The van der Waals surface area contributed by atoms with E-state index >= 15 is 0 Å². The van der Waals surface area contributed by atoms with Crippen LogP contribution in [0.5, 0.6) is 0 Å². The molecule has 0 aliphatic heterocycles. The Balaban J connectivity index is 1.65. The fourth-order valence-electron chi connectivity index (χ4n) is 2.84. The van der Waals surface area contributed by atoms with E-state index in [0.29, 0.717) is 19.0 Å². The molecule has 1 saturated carbocycles. The standard InChI is InChI=1S/C20H25FN4OS/c1-25(2)18(26)13-23-19(22-12-17-7-4-10-27-17)24-14-20(8-9-20)15-5-3-6-16(21)11-15/h3-7,10-11H,8-9,12-14H2,1-2H3,(H2,22,23,24). The highest BCUT2D eigenvalue weighted by atomic mass is 32.1. The summed E-state index contributed by atoms with van der Waals surface area (Å²) in [6.45, 7) is 1.38. The van der Waals surface area contributed by atoms with Gasteiger partial charge in [0.25, 0.3) is 0 Å². The Kier molecular flexibility index (Phi) is 6.11. The minimum absolute atomic E-state index is 0.0565. The predicted molar refractivity (Wildman–Crippen MR) is 107 cm³/mol. The molecule has 0 saturated heterocycles. The minimum atomic E-state index is -0.208. The fraction of sp³-hybridized carbons (Fsp3) is 0.400. The molecule has 27 heavy (non-hydrogen) atoms. The number of nitrogens with zero attached hydrogens (tertiary/aromatic N) is 2. The van der Waals surface area contributed by atoms with Gasteiger partial charge in [-0.05, 0) is 42.0 Å². The lowest BCUT2D eigenvalue weighted by atomic mass is 9.96. The zero-order valence-electron chi connectivity index (χ0n) is 15.7. The van der Waals surface area contributed by atoms with Crippen LogP contribution in [0.15, 0.2) is 46.8 Å². The van der Waals surface area contributed by atoms with Crippen LogP contribution in [0.1, 0.15) is 23.3 Å². The van der Waals surface area contributed by atoms with Gasteiger partial charge < -0.3 is 15.5 Å². The van der Waals surface area contributed by atoms with Gasteiger partial charge in [-0.3, -0.25) is 4.79 Å². The SMILES string of the molecule is CN(C)C(=O)CN=C(NCc1cccs1)NCC1(c2cccc(F)c2)CC1. The second-order valence-electron chi connectivity index (χ2n) is 7.03. The summed E-state index contributed by atoms with van der Waals surface area (Å²) in [5.41, 5.74) is 0.955. The first kappa shape index (κ1) is 19.4. The van der Waals surface area contributed by atoms with E-state index in [1.807, 2.05) is 17.5 Å². The van der Waals surface area contributed by atoms with Crippen LogP contribution in [-0.4, -0.2) is 44.0 Å². The van der Waals surface area contributed by atoms with Crippen molar-refractivity contribution in [2.75, 3.05) is 27.2 Å². The van der Waals surface area contributed by atoms with Gasteiger partial charge in [0, 0.05) is 30.9 Å². The molecule has 1 fully saturated rings. The third kappa shape index (κ3) is 5.29. The number of amides is 1. The van der Waals surface area contributed by atoms with Crippen LogP contribution < -0.4 is 10.6 Å².